The molecule has 4 amide bonds. The fourth-order valence-corrected chi connectivity index (χ4v) is 5.42. The van der Waals surface area contributed by atoms with Gasteiger partial charge >= 0.3 is 0 Å². The molecule has 3 saturated heterocycles. The third-order valence-corrected chi connectivity index (χ3v) is 6.99. The minimum atomic E-state index is -0.921. The van der Waals surface area contributed by atoms with Crippen molar-refractivity contribution in [3.63, 3.8) is 0 Å². The van der Waals surface area contributed by atoms with Crippen LogP contribution in [-0.4, -0.2) is 65.6 Å². The summed E-state index contributed by atoms with van der Waals surface area (Å²) in [6.45, 7) is 5.00. The van der Waals surface area contributed by atoms with Gasteiger partial charge in [-0.1, -0.05) is 6.07 Å². The lowest BCUT2D eigenvalue weighted by Gasteiger charge is -2.34. The standard InChI is InChI=1S/C22H26N4O4/c27-18-5-4-17(19(28)24-18)26-20(29)15-3-2-14(10-16(15)21(26)30)11-25-9-7-22(13-25)6-1-8-23-12-22/h2-3,10,17,23H,1,4-9,11-13H2,(H,24,27,28). The SMILES string of the molecule is O=C1CCC(N2C(=O)c3ccc(CN4CCC5(CCCNC5)C4)cc3C2=O)C(=O)N1. The third kappa shape index (κ3) is 3.24. The first kappa shape index (κ1) is 19.4. The predicted octanol–water partition coefficient (Wildman–Crippen LogP) is 0.663. The van der Waals surface area contributed by atoms with Gasteiger partial charge in [-0.25, -0.2) is 0 Å². The lowest BCUT2D eigenvalue weighted by molar-refractivity contribution is -0.136. The Bertz CT molecular complexity index is 937. The highest BCUT2D eigenvalue weighted by molar-refractivity contribution is 6.23. The van der Waals surface area contributed by atoms with Gasteiger partial charge in [-0.05, 0) is 61.9 Å². The highest BCUT2D eigenvalue weighted by Crippen LogP contribution is 2.37. The largest absolute Gasteiger partial charge is 0.316 e. The van der Waals surface area contributed by atoms with Gasteiger partial charge < -0.3 is 5.32 Å². The van der Waals surface area contributed by atoms with Gasteiger partial charge in [-0.15, -0.1) is 0 Å². The van der Waals surface area contributed by atoms with E-state index >= 15 is 0 Å². The molecule has 0 aromatic heterocycles. The second kappa shape index (κ2) is 7.28. The molecule has 1 aromatic carbocycles. The van der Waals surface area contributed by atoms with Gasteiger partial charge in [0.25, 0.3) is 11.8 Å². The summed E-state index contributed by atoms with van der Waals surface area (Å²) in [4.78, 5) is 52.8. The van der Waals surface area contributed by atoms with Crippen LogP contribution in [0.3, 0.4) is 0 Å². The Balaban J connectivity index is 1.31. The monoisotopic (exact) mass is 410 g/mol. The third-order valence-electron chi connectivity index (χ3n) is 6.99. The number of carbonyl (C=O) groups excluding carboxylic acids is 4. The number of rotatable bonds is 3. The molecule has 0 aliphatic carbocycles. The fourth-order valence-electron chi connectivity index (χ4n) is 5.42. The van der Waals surface area contributed by atoms with Crippen molar-refractivity contribution in [1.29, 1.82) is 0 Å². The Morgan fingerprint density at radius 1 is 1.07 bits per heavy atom. The second-order valence-electron chi connectivity index (χ2n) is 9.07. The summed E-state index contributed by atoms with van der Waals surface area (Å²) >= 11 is 0. The van der Waals surface area contributed by atoms with E-state index in [0.29, 0.717) is 16.5 Å². The number of fused-ring (bicyclic) bond motifs is 1. The molecule has 4 heterocycles. The summed E-state index contributed by atoms with van der Waals surface area (Å²) in [6, 6.07) is 4.48. The van der Waals surface area contributed by atoms with Crippen molar-refractivity contribution in [2.45, 2.75) is 44.7 Å². The summed E-state index contributed by atoms with van der Waals surface area (Å²) in [5.41, 5.74) is 2.06. The fraction of sp³-hybridized carbons (Fsp3) is 0.545. The van der Waals surface area contributed by atoms with Crippen LogP contribution in [0.25, 0.3) is 0 Å². The van der Waals surface area contributed by atoms with E-state index in [0.717, 1.165) is 43.2 Å². The van der Waals surface area contributed by atoms with Gasteiger partial charge in [-0.3, -0.25) is 34.3 Å². The van der Waals surface area contributed by atoms with Gasteiger partial charge in [-0.2, -0.15) is 0 Å². The molecule has 8 nitrogen and oxygen atoms in total. The lowest BCUT2D eigenvalue weighted by Crippen LogP contribution is -2.54. The van der Waals surface area contributed by atoms with Crippen molar-refractivity contribution in [1.82, 2.24) is 20.4 Å². The molecule has 158 valence electrons. The molecule has 1 aromatic rings. The van der Waals surface area contributed by atoms with Crippen molar-refractivity contribution < 1.29 is 19.2 Å². The van der Waals surface area contributed by atoms with Crippen LogP contribution in [0.1, 0.15) is 58.4 Å². The minimum Gasteiger partial charge on any atom is -0.316 e. The number of nitrogens with zero attached hydrogens (tertiary/aromatic N) is 2. The van der Waals surface area contributed by atoms with Crippen LogP contribution < -0.4 is 10.6 Å². The van der Waals surface area contributed by atoms with E-state index in [9.17, 15) is 19.2 Å². The highest BCUT2D eigenvalue weighted by Gasteiger charge is 2.45. The topological polar surface area (TPSA) is 98.8 Å². The van der Waals surface area contributed by atoms with Crippen molar-refractivity contribution in [3.05, 3.63) is 34.9 Å². The number of imide groups is 2. The van der Waals surface area contributed by atoms with Crippen LogP contribution in [0.15, 0.2) is 18.2 Å². The van der Waals surface area contributed by atoms with E-state index in [1.54, 1.807) is 12.1 Å². The molecule has 4 aliphatic heterocycles. The number of amides is 4. The summed E-state index contributed by atoms with van der Waals surface area (Å²) in [5.74, 6) is -1.85. The lowest BCUT2D eigenvalue weighted by atomic mass is 9.80. The summed E-state index contributed by atoms with van der Waals surface area (Å²) in [5, 5.41) is 5.75. The van der Waals surface area contributed by atoms with E-state index in [1.807, 2.05) is 6.07 Å². The van der Waals surface area contributed by atoms with Crippen molar-refractivity contribution in [2.75, 3.05) is 26.2 Å². The maximum Gasteiger partial charge on any atom is 0.262 e. The Hall–Kier alpha value is -2.58. The van der Waals surface area contributed by atoms with Crippen molar-refractivity contribution >= 4 is 23.6 Å². The van der Waals surface area contributed by atoms with Crippen LogP contribution in [0.5, 0.6) is 0 Å². The first-order valence-electron chi connectivity index (χ1n) is 10.7. The molecule has 5 rings (SSSR count). The normalized spacial score (nSPS) is 29.6. The Kier molecular flexibility index (Phi) is 4.71. The van der Waals surface area contributed by atoms with Crippen LogP contribution in [-0.2, 0) is 16.1 Å². The number of benzene rings is 1. The average molecular weight is 410 g/mol. The molecule has 3 fully saturated rings. The van der Waals surface area contributed by atoms with Gasteiger partial charge in [0.15, 0.2) is 0 Å². The van der Waals surface area contributed by atoms with Gasteiger partial charge in [0.05, 0.1) is 11.1 Å². The summed E-state index contributed by atoms with van der Waals surface area (Å²) < 4.78 is 0. The van der Waals surface area contributed by atoms with Gasteiger partial charge in [0, 0.05) is 26.1 Å². The Morgan fingerprint density at radius 3 is 2.67 bits per heavy atom. The molecule has 2 unspecified atom stereocenters. The van der Waals surface area contributed by atoms with E-state index in [2.05, 4.69) is 15.5 Å². The molecule has 0 radical (unpaired) electrons. The maximum absolute atomic E-state index is 13.0. The molecular weight excluding hydrogens is 384 g/mol. The van der Waals surface area contributed by atoms with Crippen molar-refractivity contribution in [3.8, 4) is 0 Å². The van der Waals surface area contributed by atoms with Crippen LogP contribution in [0, 0.1) is 5.41 Å². The van der Waals surface area contributed by atoms with E-state index < -0.39 is 23.8 Å². The van der Waals surface area contributed by atoms with Crippen LogP contribution in [0.4, 0.5) is 0 Å². The number of carbonyl (C=O) groups is 4. The Labute approximate surface area is 175 Å². The van der Waals surface area contributed by atoms with E-state index in [-0.39, 0.29) is 18.7 Å². The number of hydrogen-bond acceptors (Lipinski definition) is 6. The van der Waals surface area contributed by atoms with Crippen molar-refractivity contribution in [2.24, 2.45) is 5.41 Å². The molecule has 0 saturated carbocycles. The minimum absolute atomic E-state index is 0.126. The maximum atomic E-state index is 13.0. The van der Waals surface area contributed by atoms with Crippen LogP contribution >= 0.6 is 0 Å². The zero-order chi connectivity index (χ0) is 20.9. The first-order valence-corrected chi connectivity index (χ1v) is 10.7. The molecule has 1 spiro atoms. The Morgan fingerprint density at radius 2 is 1.90 bits per heavy atom. The van der Waals surface area contributed by atoms with E-state index in [4.69, 9.17) is 0 Å². The molecule has 2 atom stereocenters. The number of nitrogens with one attached hydrogen (secondary N) is 2. The van der Waals surface area contributed by atoms with Crippen LogP contribution in [0.2, 0.25) is 0 Å². The first-order chi connectivity index (χ1) is 14.5. The molecule has 2 N–H and O–H groups in total. The molecule has 0 bridgehead atoms. The summed E-state index contributed by atoms with van der Waals surface area (Å²) in [7, 11) is 0. The van der Waals surface area contributed by atoms with E-state index in [1.165, 1.54) is 19.3 Å². The molecule has 8 heteroatoms. The quantitative estimate of drug-likeness (QED) is 0.711. The molecule has 30 heavy (non-hydrogen) atoms. The number of likely N-dealkylation sites (tertiary alicyclic amines) is 1. The summed E-state index contributed by atoms with van der Waals surface area (Å²) in [6.07, 6.45) is 3.97. The zero-order valence-corrected chi connectivity index (χ0v) is 16.9. The molecular formula is C22H26N4O4. The second-order valence-corrected chi connectivity index (χ2v) is 9.07. The average Bonchev–Trinajstić information content (AvgIpc) is 3.21. The highest BCUT2D eigenvalue weighted by atomic mass is 16.2. The smallest absolute Gasteiger partial charge is 0.262 e. The zero-order valence-electron chi connectivity index (χ0n) is 16.9. The number of hydrogen-bond donors (Lipinski definition) is 2. The van der Waals surface area contributed by atoms with Gasteiger partial charge in [0.1, 0.15) is 6.04 Å². The number of piperidine rings is 2. The molecule has 4 aliphatic rings. The predicted molar refractivity (Wildman–Crippen MR) is 108 cm³/mol. The van der Waals surface area contributed by atoms with Gasteiger partial charge in [0.2, 0.25) is 11.8 Å².